The maximum Gasteiger partial charge on any atom is 0.417 e. The highest BCUT2D eigenvalue weighted by Crippen LogP contribution is 2.36. The first-order valence-corrected chi connectivity index (χ1v) is 8.48. The number of aliphatic hydroxyl groups is 1. The van der Waals surface area contributed by atoms with Gasteiger partial charge in [0.15, 0.2) is 5.88 Å². The van der Waals surface area contributed by atoms with Gasteiger partial charge in [-0.2, -0.15) is 13.2 Å². The number of hydrogen-bond donors (Lipinski definition) is 3. The van der Waals surface area contributed by atoms with Crippen LogP contribution in [0, 0.1) is 10.8 Å². The maximum atomic E-state index is 12.7. The minimum absolute atomic E-state index is 0.0713. The first-order chi connectivity index (χ1) is 12.3. The molecule has 3 N–H and O–H groups in total. The van der Waals surface area contributed by atoms with Crippen molar-refractivity contribution in [1.82, 2.24) is 10.3 Å². The Morgan fingerprint density at radius 2 is 2.07 bits per heavy atom. The molecule has 0 radical (unpaired) electrons. The van der Waals surface area contributed by atoms with Gasteiger partial charge in [0.05, 0.1) is 10.6 Å². The summed E-state index contributed by atoms with van der Waals surface area (Å²) >= 11 is 5.91. The molecule has 1 saturated heterocycles. The largest absolute Gasteiger partial charge is 0.494 e. The van der Waals surface area contributed by atoms with Gasteiger partial charge >= 0.3 is 6.18 Å². The first-order valence-electron chi connectivity index (χ1n) is 8.10. The normalized spacial score (nSPS) is 18.1. The number of anilines is 1. The highest BCUT2D eigenvalue weighted by Gasteiger charge is 2.38. The molecule has 6 nitrogen and oxygen atoms in total. The van der Waals surface area contributed by atoms with E-state index in [4.69, 9.17) is 17.0 Å². The quantitative estimate of drug-likeness (QED) is 0.524. The highest BCUT2D eigenvalue weighted by atomic mass is 35.5. The zero-order chi connectivity index (χ0) is 20.6. The molecule has 1 aromatic rings. The van der Waals surface area contributed by atoms with Gasteiger partial charge in [-0.15, -0.1) is 0 Å². The Balaban J connectivity index is 2.10. The highest BCUT2D eigenvalue weighted by molar-refractivity contribution is 6.33. The summed E-state index contributed by atoms with van der Waals surface area (Å²) in [7, 11) is 0. The molecule has 10 heteroatoms. The molecule has 1 amide bonds. The number of aromatic nitrogens is 1. The number of carbonyl (C=O) groups excluding carboxylic acids is 1. The Bertz CT molecular complexity index is 787. The summed E-state index contributed by atoms with van der Waals surface area (Å²) in [5.41, 5.74) is -1.35. The number of nitrogens with one attached hydrogen (secondary N) is 2. The summed E-state index contributed by atoms with van der Waals surface area (Å²) in [5.74, 6) is -0.963. The predicted octanol–water partition coefficient (Wildman–Crippen LogP) is 3.91. The first kappa shape index (κ1) is 21.0. The SMILES string of the molecule is CC(C)(C)C(=N)/C=C(\O)NC(=O)[C@@H]1CCN1c1ncc(C(F)(F)F)cc1Cl. The molecule has 27 heavy (non-hydrogen) atoms. The molecule has 0 saturated carbocycles. The summed E-state index contributed by atoms with van der Waals surface area (Å²) in [5, 5.41) is 19.8. The average molecular weight is 405 g/mol. The Hall–Kier alpha value is -2.29. The number of pyridine rings is 1. The van der Waals surface area contributed by atoms with E-state index in [1.807, 2.05) is 0 Å². The van der Waals surface area contributed by atoms with Gasteiger partial charge in [0, 0.05) is 29.9 Å². The Kier molecular flexibility index (Phi) is 5.74. The van der Waals surface area contributed by atoms with Crippen molar-refractivity contribution in [3.8, 4) is 0 Å². The molecule has 0 spiro atoms. The summed E-state index contributed by atoms with van der Waals surface area (Å²) in [6.45, 7) is 5.74. The van der Waals surface area contributed by atoms with Crippen molar-refractivity contribution in [2.75, 3.05) is 11.4 Å². The molecule has 0 unspecified atom stereocenters. The van der Waals surface area contributed by atoms with Crippen molar-refractivity contribution in [2.24, 2.45) is 5.41 Å². The van der Waals surface area contributed by atoms with Crippen LogP contribution in [-0.2, 0) is 11.0 Å². The van der Waals surface area contributed by atoms with Crippen LogP contribution in [0.25, 0.3) is 0 Å². The number of allylic oxidation sites excluding steroid dienone is 1. The predicted molar refractivity (Wildman–Crippen MR) is 96.0 cm³/mol. The van der Waals surface area contributed by atoms with Gasteiger partial charge in [-0.25, -0.2) is 4.98 Å². The van der Waals surface area contributed by atoms with Crippen molar-refractivity contribution in [3.63, 3.8) is 0 Å². The zero-order valence-corrected chi connectivity index (χ0v) is 15.7. The lowest BCUT2D eigenvalue weighted by Gasteiger charge is -2.41. The molecule has 1 aliphatic rings. The molecule has 1 atom stereocenters. The molecular formula is C17H20ClF3N4O2. The van der Waals surface area contributed by atoms with Crippen LogP contribution < -0.4 is 10.2 Å². The fourth-order valence-electron chi connectivity index (χ4n) is 2.31. The lowest BCUT2D eigenvalue weighted by Crippen LogP contribution is -2.56. The number of amides is 1. The number of rotatable bonds is 4. The topological polar surface area (TPSA) is 89.3 Å². The van der Waals surface area contributed by atoms with E-state index in [-0.39, 0.29) is 16.6 Å². The van der Waals surface area contributed by atoms with Crippen molar-refractivity contribution in [2.45, 2.75) is 39.4 Å². The lowest BCUT2D eigenvalue weighted by atomic mass is 9.90. The van der Waals surface area contributed by atoms with Crippen LogP contribution in [0.5, 0.6) is 0 Å². The Labute approximate surface area is 159 Å². The summed E-state index contributed by atoms with van der Waals surface area (Å²) in [6.07, 6.45) is -2.33. The van der Waals surface area contributed by atoms with Gasteiger partial charge in [0.1, 0.15) is 11.9 Å². The molecule has 148 valence electrons. The van der Waals surface area contributed by atoms with Crippen LogP contribution in [0.4, 0.5) is 19.0 Å². The summed E-state index contributed by atoms with van der Waals surface area (Å²) in [6, 6.07) is 0.0326. The standard InChI is InChI=1S/C17H20ClF3N4O2/c1-16(2,3)12(22)7-13(26)24-15(27)11-4-5-25(11)14-10(18)6-9(8-23-14)17(19,20)21/h6-8,11,22,26H,4-5H2,1-3H3,(H,24,27)/b13-7-,22-12?/t11-/m0/s1. The fourth-order valence-corrected chi connectivity index (χ4v) is 2.58. The number of alkyl halides is 3. The third-order valence-electron chi connectivity index (χ3n) is 4.08. The van der Waals surface area contributed by atoms with E-state index in [9.17, 15) is 23.1 Å². The molecule has 1 aliphatic heterocycles. The van der Waals surface area contributed by atoms with Crippen molar-refractivity contribution in [1.29, 1.82) is 5.41 Å². The van der Waals surface area contributed by atoms with Gasteiger partial charge in [0.25, 0.3) is 0 Å². The van der Waals surface area contributed by atoms with E-state index >= 15 is 0 Å². The number of aliphatic hydroxyl groups excluding tert-OH is 1. The monoisotopic (exact) mass is 404 g/mol. The number of halogens is 4. The van der Waals surface area contributed by atoms with E-state index in [0.29, 0.717) is 19.2 Å². The van der Waals surface area contributed by atoms with Crippen LogP contribution in [0.1, 0.15) is 32.8 Å². The summed E-state index contributed by atoms with van der Waals surface area (Å²) in [4.78, 5) is 17.5. The Morgan fingerprint density at radius 3 is 2.52 bits per heavy atom. The molecule has 0 aromatic carbocycles. The summed E-state index contributed by atoms with van der Waals surface area (Å²) < 4.78 is 38.1. The van der Waals surface area contributed by atoms with Crippen LogP contribution in [0.15, 0.2) is 24.2 Å². The molecule has 1 fully saturated rings. The molecule has 1 aromatic heterocycles. The van der Waals surface area contributed by atoms with Crippen LogP contribution in [0.2, 0.25) is 5.02 Å². The fraction of sp³-hybridized carbons (Fsp3) is 0.471. The molecule has 0 aliphatic carbocycles. The van der Waals surface area contributed by atoms with Gasteiger partial charge in [0.2, 0.25) is 5.91 Å². The third kappa shape index (κ3) is 4.91. The van der Waals surface area contributed by atoms with E-state index in [2.05, 4.69) is 10.3 Å². The minimum atomic E-state index is -4.56. The van der Waals surface area contributed by atoms with Gasteiger partial charge in [-0.1, -0.05) is 32.4 Å². The second-order valence-corrected chi connectivity index (χ2v) is 7.61. The second kappa shape index (κ2) is 7.38. The number of nitrogens with zero attached hydrogens (tertiary/aromatic N) is 2. The second-order valence-electron chi connectivity index (χ2n) is 7.21. The average Bonchev–Trinajstić information content (AvgIpc) is 2.45. The number of hydrogen-bond acceptors (Lipinski definition) is 5. The molecule has 2 rings (SSSR count). The van der Waals surface area contributed by atoms with Crippen LogP contribution in [-0.4, -0.2) is 34.3 Å². The van der Waals surface area contributed by atoms with Crippen molar-refractivity contribution >= 4 is 29.0 Å². The molecular weight excluding hydrogens is 385 g/mol. The molecule has 0 bridgehead atoms. The lowest BCUT2D eigenvalue weighted by molar-refractivity contribution is -0.137. The smallest absolute Gasteiger partial charge is 0.417 e. The van der Waals surface area contributed by atoms with Gasteiger partial charge in [-0.3, -0.25) is 10.1 Å². The van der Waals surface area contributed by atoms with E-state index in [1.54, 1.807) is 20.8 Å². The van der Waals surface area contributed by atoms with Crippen molar-refractivity contribution in [3.05, 3.63) is 34.8 Å². The van der Waals surface area contributed by atoms with Crippen LogP contribution in [0.3, 0.4) is 0 Å². The Morgan fingerprint density at radius 1 is 1.44 bits per heavy atom. The van der Waals surface area contributed by atoms with E-state index < -0.39 is 35.0 Å². The molecule has 2 heterocycles. The van der Waals surface area contributed by atoms with Crippen molar-refractivity contribution < 1.29 is 23.1 Å². The van der Waals surface area contributed by atoms with E-state index in [1.165, 1.54) is 4.90 Å². The zero-order valence-electron chi connectivity index (χ0n) is 15.0. The maximum absolute atomic E-state index is 12.7. The third-order valence-corrected chi connectivity index (χ3v) is 4.36. The van der Waals surface area contributed by atoms with Gasteiger partial charge in [-0.05, 0) is 12.5 Å². The minimum Gasteiger partial charge on any atom is -0.494 e. The van der Waals surface area contributed by atoms with E-state index in [0.717, 1.165) is 12.1 Å². The van der Waals surface area contributed by atoms with Crippen LogP contribution >= 0.6 is 11.6 Å². The number of carbonyl (C=O) groups is 1. The van der Waals surface area contributed by atoms with Gasteiger partial charge < -0.3 is 15.4 Å².